The normalized spacial score (nSPS) is 11.6. The van der Waals surface area contributed by atoms with E-state index < -0.39 is 30.0 Å². The molecule has 2 amide bonds. The van der Waals surface area contributed by atoms with E-state index in [2.05, 4.69) is 0 Å². The van der Waals surface area contributed by atoms with Gasteiger partial charge in [-0.3, -0.25) is 14.4 Å². The van der Waals surface area contributed by atoms with Crippen molar-refractivity contribution in [2.24, 2.45) is 0 Å². The van der Waals surface area contributed by atoms with Crippen molar-refractivity contribution in [1.29, 1.82) is 0 Å². The van der Waals surface area contributed by atoms with Crippen LogP contribution in [-0.4, -0.2) is 30.0 Å². The number of hydrogen-bond donors (Lipinski definition) is 2. The van der Waals surface area contributed by atoms with Crippen molar-refractivity contribution in [3.63, 3.8) is 0 Å². The van der Waals surface area contributed by atoms with Crippen LogP contribution in [0.1, 0.15) is 15.9 Å². The highest BCUT2D eigenvalue weighted by Crippen LogP contribution is 2.21. The number of amides is 2. The van der Waals surface area contributed by atoms with Crippen LogP contribution in [0.3, 0.4) is 0 Å². The van der Waals surface area contributed by atoms with Gasteiger partial charge >= 0.3 is 24.2 Å². The van der Waals surface area contributed by atoms with Crippen molar-refractivity contribution in [3.05, 3.63) is 59.7 Å². The third-order valence-electron chi connectivity index (χ3n) is 3.32. The average molecular weight is 404 g/mol. The molecule has 0 bridgehead atoms. The van der Waals surface area contributed by atoms with Gasteiger partial charge in [-0.05, 0) is 48.5 Å². The Bertz CT molecular complexity index is 814. The summed E-state index contributed by atoms with van der Waals surface area (Å²) in [6, 6.07) is 9.07. The second-order valence-corrected chi connectivity index (χ2v) is 5.39. The summed E-state index contributed by atoms with van der Waals surface area (Å²) in [6.45, 7) is 0. The summed E-state index contributed by atoms with van der Waals surface area (Å²) in [5, 5.41) is 3.24. The highest BCUT2D eigenvalue weighted by Gasteiger charge is 2.39. The topological polar surface area (TPSA) is 75.3 Å². The third kappa shape index (κ3) is 5.32. The van der Waals surface area contributed by atoms with E-state index in [4.69, 9.17) is 0 Å². The van der Waals surface area contributed by atoms with Crippen LogP contribution in [0.2, 0.25) is 0 Å². The maximum atomic E-state index is 12.3. The van der Waals surface area contributed by atoms with E-state index in [-0.39, 0.29) is 22.5 Å². The van der Waals surface area contributed by atoms with Crippen LogP contribution < -0.4 is 10.6 Å². The molecule has 0 saturated carbocycles. The second kappa shape index (κ2) is 7.71. The number of hydrogen-bond acceptors (Lipinski definition) is 3. The molecule has 0 fully saturated rings. The third-order valence-corrected chi connectivity index (χ3v) is 3.32. The van der Waals surface area contributed by atoms with E-state index in [1.165, 1.54) is 24.3 Å². The van der Waals surface area contributed by atoms with E-state index in [0.717, 1.165) is 24.3 Å². The lowest BCUT2D eigenvalue weighted by atomic mass is 10.0. The minimum atomic E-state index is -5.06. The molecule has 2 aromatic carbocycles. The van der Waals surface area contributed by atoms with E-state index in [9.17, 15) is 40.7 Å². The Hall–Kier alpha value is -3.37. The molecule has 0 saturated heterocycles. The molecule has 2 aromatic rings. The maximum absolute atomic E-state index is 12.3. The van der Waals surface area contributed by atoms with E-state index in [1.807, 2.05) is 0 Å². The average Bonchev–Trinajstić information content (AvgIpc) is 2.61. The molecule has 0 aliphatic rings. The largest absolute Gasteiger partial charge is 0.471 e. The van der Waals surface area contributed by atoms with Crippen molar-refractivity contribution < 1.29 is 40.7 Å². The quantitative estimate of drug-likeness (QED) is 0.599. The molecular weight excluding hydrogens is 394 g/mol. The molecule has 0 heterocycles. The first-order chi connectivity index (χ1) is 12.9. The zero-order valence-electron chi connectivity index (χ0n) is 13.6. The van der Waals surface area contributed by atoms with Crippen molar-refractivity contribution >= 4 is 29.0 Å². The Labute approximate surface area is 153 Å². The molecule has 28 heavy (non-hydrogen) atoms. The predicted molar refractivity (Wildman–Crippen MR) is 85.7 cm³/mol. The number of alkyl halides is 6. The molecule has 0 unspecified atom stereocenters. The lowest BCUT2D eigenvalue weighted by molar-refractivity contribution is -0.167. The van der Waals surface area contributed by atoms with Gasteiger partial charge in [-0.15, -0.1) is 0 Å². The van der Waals surface area contributed by atoms with Crippen molar-refractivity contribution in [2.75, 3.05) is 10.6 Å². The Kier molecular flexibility index (Phi) is 5.76. The fourth-order valence-corrected chi connectivity index (χ4v) is 1.98. The van der Waals surface area contributed by atoms with Gasteiger partial charge in [0, 0.05) is 22.5 Å². The van der Waals surface area contributed by atoms with Crippen LogP contribution >= 0.6 is 0 Å². The summed E-state index contributed by atoms with van der Waals surface area (Å²) in [4.78, 5) is 34.0. The van der Waals surface area contributed by atoms with Crippen LogP contribution in [0.15, 0.2) is 48.5 Å². The van der Waals surface area contributed by atoms with Crippen molar-refractivity contribution in [3.8, 4) is 0 Å². The van der Waals surface area contributed by atoms with Crippen LogP contribution in [0.4, 0.5) is 37.7 Å². The first-order valence-electron chi connectivity index (χ1n) is 7.39. The number of ketones is 1. The zero-order valence-corrected chi connectivity index (χ0v) is 13.6. The molecule has 0 radical (unpaired) electrons. The zero-order chi connectivity index (χ0) is 21.1. The van der Waals surface area contributed by atoms with Crippen LogP contribution in [0, 0.1) is 0 Å². The molecule has 5 nitrogen and oxygen atoms in total. The van der Waals surface area contributed by atoms with Gasteiger partial charge < -0.3 is 10.6 Å². The fraction of sp³-hybridized carbons (Fsp3) is 0.118. The highest BCUT2D eigenvalue weighted by atomic mass is 19.4. The molecule has 0 spiro atoms. The van der Waals surface area contributed by atoms with Gasteiger partial charge in [-0.1, -0.05) is 0 Å². The Morgan fingerprint density at radius 1 is 0.571 bits per heavy atom. The SMILES string of the molecule is O=C(c1ccc(NC(=O)C(F)(F)F)cc1)c1ccc(NC(=O)C(F)(F)F)cc1. The van der Waals surface area contributed by atoms with Gasteiger partial charge in [0.05, 0.1) is 0 Å². The Morgan fingerprint density at radius 2 is 0.857 bits per heavy atom. The maximum Gasteiger partial charge on any atom is 0.471 e. The second-order valence-electron chi connectivity index (χ2n) is 5.39. The van der Waals surface area contributed by atoms with Gasteiger partial charge in [0.25, 0.3) is 0 Å². The molecule has 0 atom stereocenters. The molecule has 0 aliphatic carbocycles. The minimum absolute atomic E-state index is 0.0667. The number of nitrogens with one attached hydrogen (secondary N) is 2. The number of benzene rings is 2. The van der Waals surface area contributed by atoms with Crippen molar-refractivity contribution in [1.82, 2.24) is 0 Å². The molecule has 2 rings (SSSR count). The predicted octanol–water partition coefficient (Wildman–Crippen LogP) is 3.92. The van der Waals surface area contributed by atoms with Gasteiger partial charge in [-0.25, -0.2) is 0 Å². The Morgan fingerprint density at radius 3 is 1.11 bits per heavy atom. The molecule has 11 heteroatoms. The lowest BCUT2D eigenvalue weighted by Crippen LogP contribution is -2.29. The summed E-state index contributed by atoms with van der Waals surface area (Å²) in [6.07, 6.45) is -10.1. The number of rotatable bonds is 4. The van der Waals surface area contributed by atoms with Gasteiger partial charge in [-0.2, -0.15) is 26.3 Å². The minimum Gasteiger partial charge on any atom is -0.318 e. The molecule has 2 N–H and O–H groups in total. The van der Waals surface area contributed by atoms with Crippen LogP contribution in [-0.2, 0) is 9.59 Å². The summed E-state index contributed by atoms with van der Waals surface area (Å²) in [5.74, 6) is -4.89. The van der Waals surface area contributed by atoms with Crippen molar-refractivity contribution in [2.45, 2.75) is 12.4 Å². The summed E-state index contributed by atoms with van der Waals surface area (Å²) < 4.78 is 73.1. The van der Waals surface area contributed by atoms with Crippen LogP contribution in [0.5, 0.6) is 0 Å². The van der Waals surface area contributed by atoms with E-state index in [1.54, 1.807) is 10.6 Å². The summed E-state index contributed by atoms with van der Waals surface area (Å²) in [7, 11) is 0. The van der Waals surface area contributed by atoms with Gasteiger partial charge in [0.2, 0.25) is 0 Å². The molecule has 148 valence electrons. The molecule has 0 aliphatic heterocycles. The van der Waals surface area contributed by atoms with E-state index >= 15 is 0 Å². The van der Waals surface area contributed by atoms with Crippen LogP contribution in [0.25, 0.3) is 0 Å². The first-order valence-corrected chi connectivity index (χ1v) is 7.39. The first kappa shape index (κ1) is 20.9. The molecule has 0 aromatic heterocycles. The lowest BCUT2D eigenvalue weighted by Gasteiger charge is -2.09. The van der Waals surface area contributed by atoms with Gasteiger partial charge in [0.15, 0.2) is 5.78 Å². The number of carbonyl (C=O) groups is 3. The summed E-state index contributed by atoms with van der Waals surface area (Å²) in [5.41, 5.74) is -0.220. The monoisotopic (exact) mass is 404 g/mol. The number of halogens is 6. The smallest absolute Gasteiger partial charge is 0.318 e. The highest BCUT2D eigenvalue weighted by molar-refractivity contribution is 6.09. The fourth-order valence-electron chi connectivity index (χ4n) is 1.98. The van der Waals surface area contributed by atoms with Gasteiger partial charge in [0.1, 0.15) is 0 Å². The standard InChI is InChI=1S/C17H10F6N2O3/c18-16(19,20)14(27)24-11-5-1-9(2-6-11)13(26)10-3-7-12(8-4-10)25-15(28)17(21,22)23/h1-8H,(H,24,27)(H,25,28). The molecular formula is C17H10F6N2O3. The summed E-state index contributed by atoms with van der Waals surface area (Å²) >= 11 is 0. The van der Waals surface area contributed by atoms with E-state index in [0.29, 0.717) is 0 Å². The Balaban J connectivity index is 2.07. The number of carbonyl (C=O) groups excluding carboxylic acids is 3. The number of anilines is 2.